The van der Waals surface area contributed by atoms with Crippen LogP contribution in [0.25, 0.3) is 0 Å². The fraction of sp³-hybridized carbons (Fsp3) is 0.810. The summed E-state index contributed by atoms with van der Waals surface area (Å²) in [7, 11) is 0. The molecule has 1 fully saturated rings. The monoisotopic (exact) mass is 288 g/mol. The molecule has 2 aliphatic carbocycles. The summed E-state index contributed by atoms with van der Waals surface area (Å²) in [6.07, 6.45) is 18.2. The van der Waals surface area contributed by atoms with Gasteiger partial charge in [-0.3, -0.25) is 0 Å². The van der Waals surface area contributed by atoms with Crippen LogP contribution in [0.15, 0.2) is 22.8 Å². The molecular formula is C21H36. The molecular weight excluding hydrogens is 252 g/mol. The van der Waals surface area contributed by atoms with Crippen molar-refractivity contribution < 1.29 is 0 Å². The number of allylic oxidation sites excluding steroid dienone is 4. The van der Waals surface area contributed by atoms with E-state index < -0.39 is 0 Å². The Morgan fingerprint density at radius 1 is 0.905 bits per heavy atom. The van der Waals surface area contributed by atoms with Gasteiger partial charge in [0.1, 0.15) is 0 Å². The smallest absolute Gasteiger partial charge is 0.0145 e. The largest absolute Gasteiger partial charge is 0.0732 e. The quantitative estimate of drug-likeness (QED) is 0.441. The maximum Gasteiger partial charge on any atom is -0.0145 e. The minimum atomic E-state index is 0.498. The summed E-state index contributed by atoms with van der Waals surface area (Å²) in [4.78, 5) is 0. The Bertz CT molecular complexity index is 390. The lowest BCUT2D eigenvalue weighted by Gasteiger charge is -2.39. The van der Waals surface area contributed by atoms with Crippen molar-refractivity contribution in [3.63, 3.8) is 0 Å². The van der Waals surface area contributed by atoms with E-state index in [0.29, 0.717) is 5.41 Å². The number of hydrogen-bond donors (Lipinski definition) is 0. The van der Waals surface area contributed by atoms with Crippen LogP contribution in [0.3, 0.4) is 0 Å². The highest BCUT2D eigenvalue weighted by Gasteiger charge is 2.33. The minimum absolute atomic E-state index is 0.498. The lowest BCUT2D eigenvalue weighted by atomic mass is 9.65. The van der Waals surface area contributed by atoms with E-state index in [9.17, 15) is 0 Å². The van der Waals surface area contributed by atoms with Crippen LogP contribution in [0.2, 0.25) is 0 Å². The summed E-state index contributed by atoms with van der Waals surface area (Å²) >= 11 is 0. The molecule has 1 saturated carbocycles. The van der Waals surface area contributed by atoms with Gasteiger partial charge in [0.15, 0.2) is 0 Å². The van der Waals surface area contributed by atoms with E-state index in [1.165, 1.54) is 76.2 Å². The third kappa shape index (κ3) is 4.73. The lowest BCUT2D eigenvalue weighted by Crippen LogP contribution is -2.28. The molecule has 0 heteroatoms. The summed E-state index contributed by atoms with van der Waals surface area (Å²) in [6, 6.07) is 0. The van der Waals surface area contributed by atoms with Gasteiger partial charge < -0.3 is 0 Å². The fourth-order valence-electron chi connectivity index (χ4n) is 4.38. The molecule has 0 radical (unpaired) electrons. The van der Waals surface area contributed by atoms with Crippen LogP contribution in [0, 0.1) is 11.3 Å². The van der Waals surface area contributed by atoms with E-state index in [-0.39, 0.29) is 0 Å². The molecule has 0 N–H and O–H groups in total. The van der Waals surface area contributed by atoms with Crippen LogP contribution in [0.4, 0.5) is 0 Å². The Balaban J connectivity index is 2.20. The van der Waals surface area contributed by atoms with Crippen molar-refractivity contribution in [1.29, 1.82) is 0 Å². The molecule has 0 aromatic heterocycles. The molecule has 0 aliphatic heterocycles. The predicted molar refractivity (Wildman–Crippen MR) is 94.5 cm³/mol. The predicted octanol–water partition coefficient (Wildman–Crippen LogP) is 7.21. The van der Waals surface area contributed by atoms with E-state index in [2.05, 4.69) is 33.8 Å². The van der Waals surface area contributed by atoms with E-state index in [4.69, 9.17) is 0 Å². The topological polar surface area (TPSA) is 0 Å². The molecule has 0 saturated heterocycles. The van der Waals surface area contributed by atoms with Crippen LogP contribution < -0.4 is 0 Å². The van der Waals surface area contributed by atoms with Gasteiger partial charge in [-0.2, -0.15) is 0 Å². The van der Waals surface area contributed by atoms with Gasteiger partial charge in [-0.05, 0) is 62.9 Å². The molecule has 120 valence electrons. The van der Waals surface area contributed by atoms with E-state index in [0.717, 1.165) is 5.92 Å². The number of fused-ring (bicyclic) bond motifs is 1. The molecule has 2 rings (SSSR count). The summed E-state index contributed by atoms with van der Waals surface area (Å²) in [6.45, 7) is 9.63. The van der Waals surface area contributed by atoms with Crippen molar-refractivity contribution in [3.05, 3.63) is 22.8 Å². The molecule has 1 unspecified atom stereocenters. The molecule has 0 nitrogen and oxygen atoms in total. The van der Waals surface area contributed by atoms with Gasteiger partial charge in [0.05, 0.1) is 0 Å². The molecule has 0 aromatic rings. The molecule has 0 amide bonds. The van der Waals surface area contributed by atoms with Crippen LogP contribution in [0.5, 0.6) is 0 Å². The average molecular weight is 289 g/mol. The van der Waals surface area contributed by atoms with Crippen molar-refractivity contribution in [2.24, 2.45) is 11.3 Å². The summed E-state index contributed by atoms with van der Waals surface area (Å²) < 4.78 is 0. The second-order valence-corrected chi connectivity index (χ2v) is 8.30. The zero-order valence-corrected chi connectivity index (χ0v) is 14.9. The Kier molecular flexibility index (Phi) is 6.14. The maximum absolute atomic E-state index is 2.59. The van der Waals surface area contributed by atoms with Crippen LogP contribution in [0.1, 0.15) is 98.3 Å². The van der Waals surface area contributed by atoms with E-state index in [1.807, 2.05) is 0 Å². The molecule has 0 bridgehead atoms. The first kappa shape index (κ1) is 16.8. The third-order valence-corrected chi connectivity index (χ3v) is 5.88. The fourth-order valence-corrected chi connectivity index (χ4v) is 4.38. The van der Waals surface area contributed by atoms with Gasteiger partial charge in [-0.15, -0.1) is 0 Å². The minimum Gasteiger partial charge on any atom is -0.0732 e. The normalized spacial score (nSPS) is 27.9. The third-order valence-electron chi connectivity index (χ3n) is 5.88. The van der Waals surface area contributed by atoms with Gasteiger partial charge in [-0.25, -0.2) is 0 Å². The van der Waals surface area contributed by atoms with Crippen LogP contribution >= 0.6 is 0 Å². The first-order chi connectivity index (χ1) is 10.0. The van der Waals surface area contributed by atoms with Crippen molar-refractivity contribution in [3.8, 4) is 0 Å². The molecule has 0 heterocycles. The summed E-state index contributed by atoms with van der Waals surface area (Å²) in [5, 5.41) is 0. The summed E-state index contributed by atoms with van der Waals surface area (Å²) in [5.74, 6) is 0.833. The highest BCUT2D eigenvalue weighted by molar-refractivity contribution is 5.32. The first-order valence-electron chi connectivity index (χ1n) is 9.37. The lowest BCUT2D eigenvalue weighted by molar-refractivity contribution is 0.199. The first-order valence-corrected chi connectivity index (χ1v) is 9.37. The average Bonchev–Trinajstić information content (AvgIpc) is 2.43. The van der Waals surface area contributed by atoms with Gasteiger partial charge in [0.25, 0.3) is 0 Å². The molecule has 0 aromatic carbocycles. The zero-order chi connectivity index (χ0) is 15.3. The van der Waals surface area contributed by atoms with Crippen molar-refractivity contribution in [2.45, 2.75) is 98.3 Å². The maximum atomic E-state index is 2.59. The Morgan fingerprint density at radius 2 is 1.52 bits per heavy atom. The second-order valence-electron chi connectivity index (χ2n) is 8.30. The van der Waals surface area contributed by atoms with Gasteiger partial charge in [-0.1, -0.05) is 69.6 Å². The molecule has 2 aliphatic rings. The molecule has 0 spiro atoms. The van der Waals surface area contributed by atoms with Gasteiger partial charge >= 0.3 is 0 Å². The number of rotatable bonds is 0. The van der Waals surface area contributed by atoms with Gasteiger partial charge in [0, 0.05) is 0 Å². The van der Waals surface area contributed by atoms with Crippen LogP contribution in [-0.2, 0) is 0 Å². The van der Waals surface area contributed by atoms with E-state index in [1.54, 1.807) is 11.1 Å². The second kappa shape index (κ2) is 7.65. The molecule has 1 atom stereocenters. The number of hydrogen-bond acceptors (Lipinski definition) is 0. The van der Waals surface area contributed by atoms with E-state index >= 15 is 0 Å². The SMILES string of the molecule is CC(C)=C1C=C2CCCCCCCCCC(C)(C)C2CC1. The Labute approximate surface area is 133 Å². The summed E-state index contributed by atoms with van der Waals surface area (Å²) in [5.41, 5.74) is 5.44. The molecule has 21 heavy (non-hydrogen) atoms. The van der Waals surface area contributed by atoms with Crippen molar-refractivity contribution in [2.75, 3.05) is 0 Å². The zero-order valence-electron chi connectivity index (χ0n) is 14.9. The van der Waals surface area contributed by atoms with Crippen molar-refractivity contribution in [1.82, 2.24) is 0 Å². The van der Waals surface area contributed by atoms with Gasteiger partial charge in [0.2, 0.25) is 0 Å². The van der Waals surface area contributed by atoms with Crippen LogP contribution in [-0.4, -0.2) is 0 Å². The Hall–Kier alpha value is -0.520. The standard InChI is InChI=1S/C21H36/c1-17(2)18-13-14-20-19(16-18)12-10-8-6-5-7-9-11-15-21(20,3)4/h16,20H,5-15H2,1-4H3. The highest BCUT2D eigenvalue weighted by Crippen LogP contribution is 2.45. The Morgan fingerprint density at radius 3 is 2.19 bits per heavy atom. The van der Waals surface area contributed by atoms with Crippen molar-refractivity contribution >= 4 is 0 Å². The highest BCUT2D eigenvalue weighted by atomic mass is 14.4.